The van der Waals surface area contributed by atoms with E-state index in [0.717, 1.165) is 11.1 Å². The van der Waals surface area contributed by atoms with Gasteiger partial charge in [0.2, 0.25) is 0 Å². The molecule has 0 radical (unpaired) electrons. The zero-order valence-electron chi connectivity index (χ0n) is 10.2. The number of halogens is 1. The molecule has 0 fully saturated rings. The lowest BCUT2D eigenvalue weighted by molar-refractivity contribution is -0.384. The Kier molecular flexibility index (Phi) is 4.60. The molecule has 0 saturated carbocycles. The highest BCUT2D eigenvalue weighted by atomic mass is 35.5. The maximum atomic E-state index is 10.5. The molecule has 3 rings (SSSR count). The molecule has 0 amide bonds. The SMILES string of the molecule is O=[N+]([O-])c1cnc2[nH]ccc2c1Cl.Sc1ccccc1. The van der Waals surface area contributed by atoms with Crippen LogP contribution in [0.25, 0.3) is 11.0 Å². The average Bonchev–Trinajstić information content (AvgIpc) is 2.89. The van der Waals surface area contributed by atoms with E-state index in [1.807, 2.05) is 30.3 Å². The van der Waals surface area contributed by atoms with Crippen molar-refractivity contribution in [2.75, 3.05) is 0 Å². The molecule has 0 aliphatic carbocycles. The second kappa shape index (κ2) is 6.40. The number of H-pyrrole nitrogens is 1. The number of pyridine rings is 1. The van der Waals surface area contributed by atoms with Gasteiger partial charge in [0, 0.05) is 16.5 Å². The molecule has 102 valence electrons. The zero-order chi connectivity index (χ0) is 14.5. The van der Waals surface area contributed by atoms with Crippen molar-refractivity contribution in [2.24, 2.45) is 0 Å². The Morgan fingerprint density at radius 3 is 2.50 bits per heavy atom. The largest absolute Gasteiger partial charge is 0.346 e. The van der Waals surface area contributed by atoms with Gasteiger partial charge >= 0.3 is 5.69 Å². The van der Waals surface area contributed by atoms with Gasteiger partial charge in [0.15, 0.2) is 0 Å². The van der Waals surface area contributed by atoms with E-state index < -0.39 is 4.92 Å². The molecule has 0 aliphatic rings. The average molecular weight is 308 g/mol. The summed E-state index contributed by atoms with van der Waals surface area (Å²) in [6.07, 6.45) is 2.77. The number of hydrogen-bond donors (Lipinski definition) is 2. The van der Waals surface area contributed by atoms with Crippen LogP contribution in [-0.2, 0) is 0 Å². The van der Waals surface area contributed by atoms with Gasteiger partial charge in [-0.3, -0.25) is 10.1 Å². The minimum Gasteiger partial charge on any atom is -0.346 e. The van der Waals surface area contributed by atoms with Crippen molar-refractivity contribution in [1.82, 2.24) is 9.97 Å². The summed E-state index contributed by atoms with van der Waals surface area (Å²) >= 11 is 9.86. The predicted octanol–water partition coefficient (Wildman–Crippen LogP) is 4.10. The lowest BCUT2D eigenvalue weighted by Crippen LogP contribution is -1.90. The third-order valence-electron chi connectivity index (χ3n) is 2.46. The number of rotatable bonds is 1. The number of fused-ring (bicyclic) bond motifs is 1. The second-order valence-electron chi connectivity index (χ2n) is 3.79. The smallest absolute Gasteiger partial charge is 0.306 e. The number of aromatic amines is 1. The molecule has 0 aliphatic heterocycles. The van der Waals surface area contributed by atoms with Gasteiger partial charge in [0.25, 0.3) is 0 Å². The number of nitrogens with zero attached hydrogens (tertiary/aromatic N) is 2. The van der Waals surface area contributed by atoms with Crippen LogP contribution in [0, 0.1) is 10.1 Å². The highest BCUT2D eigenvalue weighted by Crippen LogP contribution is 2.29. The zero-order valence-corrected chi connectivity index (χ0v) is 11.8. The molecular formula is C13H10ClN3O2S. The first kappa shape index (κ1) is 14.4. The van der Waals surface area contributed by atoms with E-state index >= 15 is 0 Å². The van der Waals surface area contributed by atoms with Crippen LogP contribution < -0.4 is 0 Å². The van der Waals surface area contributed by atoms with E-state index in [1.54, 1.807) is 12.3 Å². The van der Waals surface area contributed by atoms with Crippen LogP contribution in [0.5, 0.6) is 0 Å². The molecular weight excluding hydrogens is 298 g/mol. The fourth-order valence-corrected chi connectivity index (χ4v) is 1.96. The second-order valence-corrected chi connectivity index (χ2v) is 4.68. The third kappa shape index (κ3) is 3.28. The summed E-state index contributed by atoms with van der Waals surface area (Å²) in [5.41, 5.74) is 0.379. The molecule has 1 N–H and O–H groups in total. The number of nitrogens with one attached hydrogen (secondary N) is 1. The summed E-state index contributed by atoms with van der Waals surface area (Å²) in [5, 5.41) is 11.1. The number of benzene rings is 1. The van der Waals surface area contributed by atoms with Crippen LogP contribution in [0.1, 0.15) is 0 Å². The lowest BCUT2D eigenvalue weighted by atomic mass is 10.3. The fourth-order valence-electron chi connectivity index (χ4n) is 1.52. The van der Waals surface area contributed by atoms with Crippen molar-refractivity contribution >= 4 is 41.0 Å². The monoisotopic (exact) mass is 307 g/mol. The predicted molar refractivity (Wildman–Crippen MR) is 81.5 cm³/mol. The quantitative estimate of drug-likeness (QED) is 0.404. The Morgan fingerprint density at radius 2 is 1.95 bits per heavy atom. The number of thiol groups is 1. The molecule has 0 bridgehead atoms. The highest BCUT2D eigenvalue weighted by Gasteiger charge is 2.15. The van der Waals surface area contributed by atoms with Gasteiger partial charge in [0.05, 0.1) is 4.92 Å². The van der Waals surface area contributed by atoms with Crippen molar-refractivity contribution in [3.05, 3.63) is 63.9 Å². The minimum atomic E-state index is -0.554. The topological polar surface area (TPSA) is 71.8 Å². The Hall–Kier alpha value is -2.05. The number of aromatic nitrogens is 2. The molecule has 0 spiro atoms. The highest BCUT2D eigenvalue weighted by molar-refractivity contribution is 7.80. The molecule has 0 atom stereocenters. The molecule has 5 nitrogen and oxygen atoms in total. The normalized spacial score (nSPS) is 9.90. The fraction of sp³-hybridized carbons (Fsp3) is 0. The van der Waals surface area contributed by atoms with Crippen molar-refractivity contribution < 1.29 is 4.92 Å². The van der Waals surface area contributed by atoms with Gasteiger partial charge in [-0.05, 0) is 18.2 Å². The first-order valence-corrected chi connectivity index (χ1v) is 6.42. The van der Waals surface area contributed by atoms with E-state index in [2.05, 4.69) is 22.6 Å². The Balaban J connectivity index is 0.000000178. The third-order valence-corrected chi connectivity index (χ3v) is 3.15. The molecule has 2 heterocycles. The summed E-state index contributed by atoms with van der Waals surface area (Å²) in [7, 11) is 0. The van der Waals surface area contributed by atoms with Gasteiger partial charge in [-0.1, -0.05) is 29.8 Å². The maximum Gasteiger partial charge on any atom is 0.306 e. The summed E-state index contributed by atoms with van der Waals surface area (Å²) in [6.45, 7) is 0. The van der Waals surface area contributed by atoms with Gasteiger partial charge in [-0.2, -0.15) is 0 Å². The molecule has 0 saturated heterocycles. The van der Waals surface area contributed by atoms with E-state index in [-0.39, 0.29) is 10.7 Å². The summed E-state index contributed by atoms with van der Waals surface area (Å²) < 4.78 is 0. The van der Waals surface area contributed by atoms with Crippen molar-refractivity contribution in [2.45, 2.75) is 4.90 Å². The lowest BCUT2D eigenvalue weighted by Gasteiger charge is -1.94. The van der Waals surface area contributed by atoms with E-state index in [1.165, 1.54) is 0 Å². The molecule has 20 heavy (non-hydrogen) atoms. The minimum absolute atomic E-state index is 0.122. The van der Waals surface area contributed by atoms with Gasteiger partial charge < -0.3 is 4.98 Å². The van der Waals surface area contributed by atoms with Gasteiger partial charge in [-0.25, -0.2) is 4.98 Å². The first-order valence-electron chi connectivity index (χ1n) is 5.59. The van der Waals surface area contributed by atoms with Crippen LogP contribution in [0.3, 0.4) is 0 Å². The molecule has 1 aromatic carbocycles. The van der Waals surface area contributed by atoms with Crippen LogP contribution in [0.2, 0.25) is 5.02 Å². The Bertz CT molecular complexity index is 731. The van der Waals surface area contributed by atoms with E-state index in [4.69, 9.17) is 11.6 Å². The summed E-state index contributed by atoms with van der Waals surface area (Å²) in [4.78, 5) is 17.6. The van der Waals surface area contributed by atoms with Crippen molar-refractivity contribution in [1.29, 1.82) is 0 Å². The maximum absolute atomic E-state index is 10.5. The number of hydrogen-bond acceptors (Lipinski definition) is 4. The van der Waals surface area contributed by atoms with Crippen molar-refractivity contribution in [3.63, 3.8) is 0 Å². The molecule has 0 unspecified atom stereocenters. The van der Waals surface area contributed by atoms with Crippen molar-refractivity contribution in [3.8, 4) is 0 Å². The number of nitro groups is 1. The van der Waals surface area contributed by atoms with Crippen LogP contribution in [0.4, 0.5) is 5.69 Å². The standard InChI is InChI=1S/C7H4ClN3O2.C6H6S/c8-6-4-1-2-9-7(4)10-3-5(6)11(12)13;7-6-4-2-1-3-5-6/h1-3H,(H,9,10);1-5,7H. The molecule has 2 aromatic heterocycles. The van der Waals surface area contributed by atoms with E-state index in [9.17, 15) is 10.1 Å². The first-order chi connectivity index (χ1) is 9.59. The van der Waals surface area contributed by atoms with Crippen LogP contribution in [-0.4, -0.2) is 14.9 Å². The Labute approximate surface area is 125 Å². The summed E-state index contributed by atoms with van der Waals surface area (Å²) in [5.74, 6) is 0. The Morgan fingerprint density at radius 1 is 1.25 bits per heavy atom. The van der Waals surface area contributed by atoms with Gasteiger partial charge in [0.1, 0.15) is 16.9 Å². The molecule has 3 aromatic rings. The van der Waals surface area contributed by atoms with Gasteiger partial charge in [-0.15, -0.1) is 12.6 Å². The van der Waals surface area contributed by atoms with Crippen LogP contribution >= 0.6 is 24.2 Å². The summed E-state index contributed by atoms with van der Waals surface area (Å²) in [6, 6.07) is 11.4. The van der Waals surface area contributed by atoms with Crippen LogP contribution in [0.15, 0.2) is 53.7 Å². The van der Waals surface area contributed by atoms with E-state index in [0.29, 0.717) is 11.0 Å². The molecule has 7 heteroatoms.